The SMILES string of the molecule is O=C(Nc1cc(Cl)ccc1Cl)c1ccnc(NCc2ccccc2F)n1. The summed E-state index contributed by atoms with van der Waals surface area (Å²) in [4.78, 5) is 20.5. The Kier molecular flexibility index (Phi) is 5.65. The van der Waals surface area contributed by atoms with E-state index in [2.05, 4.69) is 20.6 Å². The van der Waals surface area contributed by atoms with Crippen molar-refractivity contribution in [3.05, 3.63) is 81.8 Å². The highest BCUT2D eigenvalue weighted by molar-refractivity contribution is 6.35. The fourth-order valence-corrected chi connectivity index (χ4v) is 2.50. The van der Waals surface area contributed by atoms with E-state index in [0.717, 1.165) is 0 Å². The van der Waals surface area contributed by atoms with Gasteiger partial charge in [-0.25, -0.2) is 14.4 Å². The van der Waals surface area contributed by atoms with E-state index in [1.165, 1.54) is 18.3 Å². The molecule has 0 unspecified atom stereocenters. The molecule has 0 saturated heterocycles. The van der Waals surface area contributed by atoms with Crippen molar-refractivity contribution in [2.75, 3.05) is 10.6 Å². The number of nitrogens with zero attached hydrogens (tertiary/aromatic N) is 2. The smallest absolute Gasteiger partial charge is 0.274 e. The number of carbonyl (C=O) groups excluding carboxylic acids is 1. The predicted molar refractivity (Wildman–Crippen MR) is 100 cm³/mol. The minimum Gasteiger partial charge on any atom is -0.350 e. The molecule has 1 heterocycles. The maximum Gasteiger partial charge on any atom is 0.274 e. The van der Waals surface area contributed by atoms with Crippen molar-refractivity contribution >= 4 is 40.7 Å². The molecule has 5 nitrogen and oxygen atoms in total. The number of benzene rings is 2. The topological polar surface area (TPSA) is 66.9 Å². The van der Waals surface area contributed by atoms with Crippen LogP contribution < -0.4 is 10.6 Å². The van der Waals surface area contributed by atoms with Gasteiger partial charge in [0.2, 0.25) is 5.95 Å². The predicted octanol–water partition coefficient (Wildman–Crippen LogP) is 4.79. The van der Waals surface area contributed by atoms with E-state index in [0.29, 0.717) is 21.3 Å². The zero-order valence-electron chi connectivity index (χ0n) is 13.3. The van der Waals surface area contributed by atoms with Crippen molar-refractivity contribution in [1.29, 1.82) is 0 Å². The number of hydrogen-bond acceptors (Lipinski definition) is 4. The molecule has 0 aliphatic heterocycles. The molecule has 132 valence electrons. The first-order valence-electron chi connectivity index (χ1n) is 7.59. The lowest BCUT2D eigenvalue weighted by Gasteiger charge is -2.09. The summed E-state index contributed by atoms with van der Waals surface area (Å²) in [5, 5.41) is 6.34. The van der Waals surface area contributed by atoms with Crippen LogP contribution in [0.3, 0.4) is 0 Å². The molecule has 1 amide bonds. The minimum absolute atomic E-state index is 0.132. The average molecular weight is 391 g/mol. The number of anilines is 2. The molecule has 2 aromatic carbocycles. The molecule has 0 bridgehead atoms. The van der Waals surface area contributed by atoms with Gasteiger partial charge in [-0.1, -0.05) is 41.4 Å². The lowest BCUT2D eigenvalue weighted by molar-refractivity contribution is 0.102. The summed E-state index contributed by atoms with van der Waals surface area (Å²) in [5.41, 5.74) is 0.979. The zero-order valence-corrected chi connectivity index (χ0v) is 14.9. The summed E-state index contributed by atoms with van der Waals surface area (Å²) in [5.74, 6) is -0.590. The highest BCUT2D eigenvalue weighted by Gasteiger charge is 2.12. The normalized spacial score (nSPS) is 10.4. The fourth-order valence-electron chi connectivity index (χ4n) is 2.17. The quantitative estimate of drug-likeness (QED) is 0.657. The van der Waals surface area contributed by atoms with Crippen LogP contribution in [0.2, 0.25) is 10.0 Å². The number of rotatable bonds is 5. The monoisotopic (exact) mass is 390 g/mol. The van der Waals surface area contributed by atoms with Crippen LogP contribution in [-0.4, -0.2) is 15.9 Å². The Hall–Kier alpha value is -2.70. The van der Waals surface area contributed by atoms with Gasteiger partial charge < -0.3 is 10.6 Å². The van der Waals surface area contributed by atoms with Crippen LogP contribution in [0.25, 0.3) is 0 Å². The second kappa shape index (κ2) is 8.12. The van der Waals surface area contributed by atoms with E-state index in [1.807, 2.05) is 0 Å². The van der Waals surface area contributed by atoms with Gasteiger partial charge >= 0.3 is 0 Å². The van der Waals surface area contributed by atoms with Crippen LogP contribution in [0.4, 0.5) is 16.0 Å². The lowest BCUT2D eigenvalue weighted by atomic mass is 10.2. The van der Waals surface area contributed by atoms with Gasteiger partial charge in [-0.2, -0.15) is 0 Å². The molecule has 2 N–H and O–H groups in total. The molecule has 0 spiro atoms. The highest BCUT2D eigenvalue weighted by Crippen LogP contribution is 2.25. The highest BCUT2D eigenvalue weighted by atomic mass is 35.5. The zero-order chi connectivity index (χ0) is 18.5. The summed E-state index contributed by atoms with van der Waals surface area (Å²) in [6.45, 7) is 0.192. The molecule has 0 saturated carbocycles. The van der Waals surface area contributed by atoms with Crippen molar-refractivity contribution in [3.63, 3.8) is 0 Å². The number of amides is 1. The molecule has 0 atom stereocenters. The maximum absolute atomic E-state index is 13.6. The summed E-state index contributed by atoms with van der Waals surface area (Å²) in [6.07, 6.45) is 1.44. The maximum atomic E-state index is 13.6. The average Bonchev–Trinajstić information content (AvgIpc) is 2.64. The molecule has 0 fully saturated rings. The lowest BCUT2D eigenvalue weighted by Crippen LogP contribution is -2.15. The standard InChI is InChI=1S/C18H13Cl2FN4O/c19-12-5-6-13(20)16(9-12)24-17(26)15-7-8-22-18(25-15)23-10-11-3-1-2-4-14(11)21/h1-9H,10H2,(H,24,26)(H,22,23,25). The van der Waals surface area contributed by atoms with Gasteiger partial charge in [0.25, 0.3) is 5.91 Å². The molecule has 1 aromatic heterocycles. The number of nitrogens with one attached hydrogen (secondary N) is 2. The van der Waals surface area contributed by atoms with Crippen molar-refractivity contribution in [2.45, 2.75) is 6.54 Å². The summed E-state index contributed by atoms with van der Waals surface area (Å²) in [7, 11) is 0. The molecule has 0 aliphatic carbocycles. The van der Waals surface area contributed by atoms with Crippen LogP contribution in [0.15, 0.2) is 54.7 Å². The van der Waals surface area contributed by atoms with E-state index in [9.17, 15) is 9.18 Å². The summed E-state index contributed by atoms with van der Waals surface area (Å²) in [6, 6.07) is 12.6. The first kappa shape index (κ1) is 18.1. The second-order valence-corrected chi connectivity index (χ2v) is 6.13. The van der Waals surface area contributed by atoms with E-state index in [-0.39, 0.29) is 24.0 Å². The van der Waals surface area contributed by atoms with E-state index >= 15 is 0 Å². The van der Waals surface area contributed by atoms with Crippen LogP contribution in [0.1, 0.15) is 16.1 Å². The third kappa shape index (κ3) is 4.47. The first-order chi connectivity index (χ1) is 12.5. The van der Waals surface area contributed by atoms with Gasteiger partial charge in [0, 0.05) is 23.3 Å². The number of aromatic nitrogens is 2. The molecule has 3 aromatic rings. The Balaban J connectivity index is 1.71. The Labute approximate surface area is 159 Å². The third-order valence-electron chi connectivity index (χ3n) is 3.46. The Morgan fingerprint density at radius 1 is 1.12 bits per heavy atom. The van der Waals surface area contributed by atoms with E-state index in [4.69, 9.17) is 23.2 Å². The van der Waals surface area contributed by atoms with Crippen molar-refractivity contribution in [1.82, 2.24) is 9.97 Å². The summed E-state index contributed by atoms with van der Waals surface area (Å²) >= 11 is 11.9. The van der Waals surface area contributed by atoms with E-state index < -0.39 is 5.91 Å². The molecule has 8 heteroatoms. The number of hydrogen-bond donors (Lipinski definition) is 2. The van der Waals surface area contributed by atoms with Gasteiger partial charge in [-0.15, -0.1) is 0 Å². The van der Waals surface area contributed by atoms with Gasteiger partial charge in [0.15, 0.2) is 0 Å². The number of carbonyl (C=O) groups is 1. The number of halogens is 3. The minimum atomic E-state index is -0.467. The largest absolute Gasteiger partial charge is 0.350 e. The Morgan fingerprint density at radius 2 is 1.92 bits per heavy atom. The van der Waals surface area contributed by atoms with Crippen LogP contribution in [-0.2, 0) is 6.54 Å². The van der Waals surface area contributed by atoms with Gasteiger partial charge in [0.05, 0.1) is 10.7 Å². The van der Waals surface area contributed by atoms with Gasteiger partial charge in [-0.05, 0) is 30.3 Å². The van der Waals surface area contributed by atoms with Crippen LogP contribution in [0.5, 0.6) is 0 Å². The molecular formula is C18H13Cl2FN4O. The molecule has 0 aliphatic rings. The molecule has 3 rings (SSSR count). The molecular weight excluding hydrogens is 378 g/mol. The molecule has 26 heavy (non-hydrogen) atoms. The van der Waals surface area contributed by atoms with Crippen LogP contribution >= 0.6 is 23.2 Å². The Bertz CT molecular complexity index is 952. The second-order valence-electron chi connectivity index (χ2n) is 5.29. The van der Waals surface area contributed by atoms with Gasteiger partial charge in [0.1, 0.15) is 11.5 Å². The molecule has 0 radical (unpaired) electrons. The van der Waals surface area contributed by atoms with Crippen molar-refractivity contribution in [3.8, 4) is 0 Å². The first-order valence-corrected chi connectivity index (χ1v) is 8.35. The van der Waals surface area contributed by atoms with Crippen molar-refractivity contribution in [2.24, 2.45) is 0 Å². The fraction of sp³-hybridized carbons (Fsp3) is 0.0556. The third-order valence-corrected chi connectivity index (χ3v) is 4.02. The van der Waals surface area contributed by atoms with E-state index in [1.54, 1.807) is 36.4 Å². The van der Waals surface area contributed by atoms with Crippen LogP contribution in [0, 0.1) is 5.82 Å². The van der Waals surface area contributed by atoms with Gasteiger partial charge in [-0.3, -0.25) is 4.79 Å². The Morgan fingerprint density at radius 3 is 2.73 bits per heavy atom. The van der Waals surface area contributed by atoms with Crippen molar-refractivity contribution < 1.29 is 9.18 Å². The summed E-state index contributed by atoms with van der Waals surface area (Å²) < 4.78 is 13.6.